The summed E-state index contributed by atoms with van der Waals surface area (Å²) in [7, 11) is 0. The van der Waals surface area contributed by atoms with E-state index in [0.29, 0.717) is 29.2 Å². The molecule has 2 heterocycles. The predicted molar refractivity (Wildman–Crippen MR) is 86.9 cm³/mol. The van der Waals surface area contributed by atoms with Crippen molar-refractivity contribution in [2.24, 2.45) is 0 Å². The minimum atomic E-state index is -0.0779. The molecule has 0 saturated heterocycles. The fourth-order valence-electron chi connectivity index (χ4n) is 2.22. The van der Waals surface area contributed by atoms with E-state index in [-0.39, 0.29) is 18.6 Å². The number of hydrogen-bond acceptors (Lipinski definition) is 7. The number of nitrogens with zero attached hydrogens (tertiary/aromatic N) is 3. The quantitative estimate of drug-likeness (QED) is 0.684. The Balaban J connectivity index is 2.31. The molecule has 0 aliphatic rings. The number of unbranched alkanes of at least 4 members (excludes halogenated alkanes) is 1. The maximum Gasteiger partial charge on any atom is 0.222 e. The molecule has 2 rings (SSSR count). The van der Waals surface area contributed by atoms with Crippen LogP contribution in [-0.2, 0) is 0 Å². The van der Waals surface area contributed by atoms with Crippen LogP contribution < -0.4 is 15.8 Å². The molecule has 2 aromatic heterocycles. The highest BCUT2D eigenvalue weighted by Crippen LogP contribution is 2.24. The van der Waals surface area contributed by atoms with Gasteiger partial charge in [0.1, 0.15) is 16.8 Å². The normalized spacial score (nSPS) is 12.3. The van der Waals surface area contributed by atoms with Crippen molar-refractivity contribution in [2.75, 3.05) is 24.3 Å². The molecular weight excluding hydrogens is 282 g/mol. The van der Waals surface area contributed by atoms with Gasteiger partial charge in [-0.2, -0.15) is 4.98 Å². The van der Waals surface area contributed by atoms with Crippen LogP contribution in [0.4, 0.5) is 11.8 Å². The lowest BCUT2D eigenvalue weighted by Crippen LogP contribution is -2.24. The van der Waals surface area contributed by atoms with E-state index in [4.69, 9.17) is 10.5 Å². The lowest BCUT2D eigenvalue weighted by atomic mass is 10.1. The van der Waals surface area contributed by atoms with Gasteiger partial charge in [0.2, 0.25) is 5.95 Å². The van der Waals surface area contributed by atoms with Crippen molar-refractivity contribution in [1.82, 2.24) is 15.0 Å². The molecule has 0 aliphatic heterocycles. The van der Waals surface area contributed by atoms with E-state index >= 15 is 0 Å². The number of fused-ring (bicyclic) bond motifs is 1. The lowest BCUT2D eigenvalue weighted by molar-refractivity contribution is 0.267. The number of rotatable bonds is 8. The molecule has 1 unspecified atom stereocenters. The van der Waals surface area contributed by atoms with E-state index in [1.807, 2.05) is 6.92 Å². The van der Waals surface area contributed by atoms with Crippen LogP contribution in [0.1, 0.15) is 33.1 Å². The third-order valence-electron chi connectivity index (χ3n) is 3.31. The van der Waals surface area contributed by atoms with E-state index in [0.717, 1.165) is 19.3 Å². The molecule has 4 N–H and O–H groups in total. The first-order valence-corrected chi connectivity index (χ1v) is 7.61. The van der Waals surface area contributed by atoms with E-state index in [2.05, 4.69) is 27.2 Å². The summed E-state index contributed by atoms with van der Waals surface area (Å²) in [5.74, 6) is 1.35. The maximum absolute atomic E-state index is 9.49. The van der Waals surface area contributed by atoms with Gasteiger partial charge in [-0.05, 0) is 13.3 Å². The Bertz CT molecular complexity index is 620. The number of aromatic nitrogens is 3. The number of nitrogen functional groups attached to an aromatic ring is 1. The first-order valence-electron chi connectivity index (χ1n) is 7.61. The predicted octanol–water partition coefficient (Wildman–Crippen LogP) is 1.97. The summed E-state index contributed by atoms with van der Waals surface area (Å²) in [4.78, 5) is 12.8. The zero-order valence-corrected chi connectivity index (χ0v) is 13.0. The van der Waals surface area contributed by atoms with Gasteiger partial charge in [0.15, 0.2) is 5.82 Å². The second-order valence-corrected chi connectivity index (χ2v) is 5.07. The Morgan fingerprint density at radius 1 is 1.36 bits per heavy atom. The standard InChI is InChI=1S/C15H23N5O2/c1-3-5-6-10(9-21)18-14-13-12(19-15(16)20-14)7-11(8-17-13)22-4-2/h7-8,10,21H,3-6,9H2,1-2H3,(H3,16,18,19,20). The molecule has 2 aromatic rings. The van der Waals surface area contributed by atoms with Gasteiger partial charge in [0.05, 0.1) is 25.5 Å². The molecule has 0 aromatic carbocycles. The molecule has 0 saturated carbocycles. The van der Waals surface area contributed by atoms with Crippen LogP contribution in [0.5, 0.6) is 5.75 Å². The Morgan fingerprint density at radius 2 is 2.18 bits per heavy atom. The molecule has 0 aliphatic carbocycles. The highest BCUT2D eigenvalue weighted by molar-refractivity contribution is 5.86. The van der Waals surface area contributed by atoms with Gasteiger partial charge in [0.25, 0.3) is 0 Å². The van der Waals surface area contributed by atoms with Crippen LogP contribution in [0.15, 0.2) is 12.3 Å². The fourth-order valence-corrected chi connectivity index (χ4v) is 2.22. The lowest BCUT2D eigenvalue weighted by Gasteiger charge is -2.17. The second-order valence-electron chi connectivity index (χ2n) is 5.07. The van der Waals surface area contributed by atoms with Gasteiger partial charge in [-0.1, -0.05) is 19.8 Å². The second kappa shape index (κ2) is 7.74. The van der Waals surface area contributed by atoms with E-state index in [1.165, 1.54) is 0 Å². The van der Waals surface area contributed by atoms with Crippen LogP contribution in [0, 0.1) is 0 Å². The van der Waals surface area contributed by atoms with Crippen molar-refractivity contribution in [1.29, 1.82) is 0 Å². The molecule has 120 valence electrons. The van der Waals surface area contributed by atoms with Crippen LogP contribution in [0.25, 0.3) is 11.0 Å². The molecule has 0 bridgehead atoms. The SMILES string of the molecule is CCCCC(CO)Nc1nc(N)nc2cc(OCC)cnc12. The Hall–Kier alpha value is -2.15. The summed E-state index contributed by atoms with van der Waals surface area (Å²) in [6.07, 6.45) is 4.59. The van der Waals surface area contributed by atoms with Crippen LogP contribution in [0.2, 0.25) is 0 Å². The highest BCUT2D eigenvalue weighted by atomic mass is 16.5. The van der Waals surface area contributed by atoms with Crippen molar-refractivity contribution in [2.45, 2.75) is 39.2 Å². The molecule has 0 amide bonds. The summed E-state index contributed by atoms with van der Waals surface area (Å²) >= 11 is 0. The van der Waals surface area contributed by atoms with Crippen LogP contribution in [-0.4, -0.2) is 39.3 Å². The molecule has 0 fully saturated rings. The smallest absolute Gasteiger partial charge is 0.222 e. The molecule has 1 atom stereocenters. The maximum atomic E-state index is 9.49. The number of ether oxygens (including phenoxy) is 1. The minimum Gasteiger partial charge on any atom is -0.492 e. The molecule has 7 heteroatoms. The van der Waals surface area contributed by atoms with E-state index in [9.17, 15) is 5.11 Å². The largest absolute Gasteiger partial charge is 0.492 e. The van der Waals surface area contributed by atoms with Crippen molar-refractivity contribution in [3.05, 3.63) is 12.3 Å². The van der Waals surface area contributed by atoms with Crippen molar-refractivity contribution < 1.29 is 9.84 Å². The Morgan fingerprint density at radius 3 is 2.86 bits per heavy atom. The van der Waals surface area contributed by atoms with E-state index < -0.39 is 0 Å². The van der Waals surface area contributed by atoms with Gasteiger partial charge in [-0.25, -0.2) is 9.97 Å². The van der Waals surface area contributed by atoms with Gasteiger partial charge in [-0.3, -0.25) is 0 Å². The highest BCUT2D eigenvalue weighted by Gasteiger charge is 2.13. The summed E-state index contributed by atoms with van der Waals surface area (Å²) in [6, 6.07) is 1.71. The van der Waals surface area contributed by atoms with Crippen LogP contribution in [0.3, 0.4) is 0 Å². The van der Waals surface area contributed by atoms with Crippen molar-refractivity contribution >= 4 is 22.8 Å². The average Bonchev–Trinajstić information content (AvgIpc) is 2.51. The topological polar surface area (TPSA) is 106 Å². The molecular formula is C15H23N5O2. The molecule has 0 spiro atoms. The van der Waals surface area contributed by atoms with Crippen molar-refractivity contribution in [3.8, 4) is 5.75 Å². The summed E-state index contributed by atoms with van der Waals surface area (Å²) in [5.41, 5.74) is 7.01. The monoisotopic (exact) mass is 305 g/mol. The van der Waals surface area contributed by atoms with Gasteiger partial charge >= 0.3 is 0 Å². The van der Waals surface area contributed by atoms with Crippen molar-refractivity contribution in [3.63, 3.8) is 0 Å². The van der Waals surface area contributed by atoms with Gasteiger partial charge in [0, 0.05) is 6.07 Å². The number of aliphatic hydroxyl groups excluding tert-OH is 1. The number of pyridine rings is 1. The molecule has 0 radical (unpaired) electrons. The van der Waals surface area contributed by atoms with Crippen LogP contribution >= 0.6 is 0 Å². The number of anilines is 2. The minimum absolute atomic E-state index is 0.0302. The Kier molecular flexibility index (Phi) is 5.71. The van der Waals surface area contributed by atoms with Gasteiger partial charge < -0.3 is 20.9 Å². The number of nitrogens with one attached hydrogen (secondary N) is 1. The summed E-state index contributed by atoms with van der Waals surface area (Å²) in [5, 5.41) is 12.7. The molecule has 22 heavy (non-hydrogen) atoms. The number of nitrogens with two attached hydrogens (primary N) is 1. The van der Waals surface area contributed by atoms with Gasteiger partial charge in [-0.15, -0.1) is 0 Å². The number of aliphatic hydroxyl groups is 1. The third kappa shape index (κ3) is 3.94. The fraction of sp³-hybridized carbons (Fsp3) is 0.533. The zero-order valence-electron chi connectivity index (χ0n) is 13.0. The zero-order chi connectivity index (χ0) is 15.9. The average molecular weight is 305 g/mol. The summed E-state index contributed by atoms with van der Waals surface area (Å²) < 4.78 is 5.42. The third-order valence-corrected chi connectivity index (χ3v) is 3.31. The van der Waals surface area contributed by atoms with E-state index in [1.54, 1.807) is 12.3 Å². The first kappa shape index (κ1) is 16.2. The number of hydrogen-bond donors (Lipinski definition) is 3. The summed E-state index contributed by atoms with van der Waals surface area (Å²) in [6.45, 7) is 4.61. The first-order chi connectivity index (χ1) is 10.7. The molecule has 7 nitrogen and oxygen atoms in total. The Labute approximate surface area is 129 Å².